The van der Waals surface area contributed by atoms with E-state index in [1.165, 1.54) is 38.8 Å². The third-order valence-electron chi connectivity index (χ3n) is 6.92. The summed E-state index contributed by atoms with van der Waals surface area (Å²) in [6.07, 6.45) is 0. The predicted octanol–water partition coefficient (Wildman–Crippen LogP) is 6.74. The molecule has 0 bridgehead atoms. The Bertz CT molecular complexity index is 1650. The van der Waals surface area contributed by atoms with E-state index in [1.807, 2.05) is 0 Å². The van der Waals surface area contributed by atoms with Crippen molar-refractivity contribution in [1.29, 1.82) is 0 Å². The van der Waals surface area contributed by atoms with Crippen molar-refractivity contribution >= 4 is 27.8 Å². The molecular formula is C28H21N3. The first kappa shape index (κ1) is 16.9. The number of imidazole rings is 2. The Morgan fingerprint density at radius 3 is 2.19 bits per heavy atom. The van der Waals surface area contributed by atoms with Crippen molar-refractivity contribution in [2.45, 2.75) is 19.3 Å². The number of hydrogen-bond acceptors (Lipinski definition) is 1. The number of benzene rings is 4. The van der Waals surface area contributed by atoms with Crippen LogP contribution in [-0.2, 0) is 5.41 Å². The fraction of sp³-hybridized carbons (Fsp3) is 0.107. The molecule has 4 aromatic carbocycles. The molecule has 148 valence electrons. The lowest BCUT2D eigenvalue weighted by molar-refractivity contribution is 0.661. The van der Waals surface area contributed by atoms with E-state index in [4.69, 9.17) is 4.98 Å². The average Bonchev–Trinajstić information content (AvgIpc) is 3.39. The van der Waals surface area contributed by atoms with Crippen LogP contribution in [0.5, 0.6) is 0 Å². The van der Waals surface area contributed by atoms with E-state index in [9.17, 15) is 0 Å². The molecule has 0 atom stereocenters. The molecular weight excluding hydrogens is 378 g/mol. The van der Waals surface area contributed by atoms with Gasteiger partial charge in [0, 0.05) is 11.1 Å². The second-order valence-electron chi connectivity index (χ2n) is 8.96. The van der Waals surface area contributed by atoms with E-state index in [2.05, 4.69) is 114 Å². The standard InChI is InChI=1S/C28H21N3/c1-28(2)21-13-7-6-12-19(21)20-16-23-26(17-22(20)28)31-25-15-9-8-14-24(25)30(27(31)29-23)18-10-4-3-5-11-18/h3-17H,1-2H3. The smallest absolute Gasteiger partial charge is 0.220 e. The number of fused-ring (bicyclic) bond motifs is 8. The fourth-order valence-corrected chi connectivity index (χ4v) is 5.43. The highest BCUT2D eigenvalue weighted by atomic mass is 15.2. The van der Waals surface area contributed by atoms with Crippen LogP contribution in [0.2, 0.25) is 0 Å². The van der Waals surface area contributed by atoms with Gasteiger partial charge in [-0.05, 0) is 58.7 Å². The molecule has 3 heteroatoms. The summed E-state index contributed by atoms with van der Waals surface area (Å²) in [5.41, 5.74) is 11.1. The second kappa shape index (κ2) is 5.64. The number of hydrogen-bond donors (Lipinski definition) is 0. The van der Waals surface area contributed by atoms with Gasteiger partial charge in [0.2, 0.25) is 5.78 Å². The Morgan fingerprint density at radius 1 is 0.645 bits per heavy atom. The predicted molar refractivity (Wildman–Crippen MR) is 127 cm³/mol. The van der Waals surface area contributed by atoms with Crippen molar-refractivity contribution < 1.29 is 0 Å². The molecule has 0 amide bonds. The van der Waals surface area contributed by atoms with Crippen LogP contribution in [0.3, 0.4) is 0 Å². The molecule has 0 radical (unpaired) electrons. The number of para-hydroxylation sites is 3. The van der Waals surface area contributed by atoms with Crippen molar-refractivity contribution in [3.63, 3.8) is 0 Å². The van der Waals surface area contributed by atoms with Crippen LogP contribution in [0, 0.1) is 0 Å². The molecule has 6 aromatic rings. The van der Waals surface area contributed by atoms with E-state index < -0.39 is 0 Å². The highest BCUT2D eigenvalue weighted by Crippen LogP contribution is 2.49. The molecule has 2 heterocycles. The van der Waals surface area contributed by atoms with Crippen LogP contribution in [-0.4, -0.2) is 14.0 Å². The van der Waals surface area contributed by atoms with Gasteiger partial charge in [0.15, 0.2) is 0 Å². The molecule has 3 nitrogen and oxygen atoms in total. The molecule has 0 spiro atoms. The number of rotatable bonds is 1. The minimum absolute atomic E-state index is 0.0257. The van der Waals surface area contributed by atoms with Gasteiger partial charge in [-0.25, -0.2) is 4.98 Å². The van der Waals surface area contributed by atoms with Crippen LogP contribution in [0.4, 0.5) is 0 Å². The van der Waals surface area contributed by atoms with Gasteiger partial charge in [0.05, 0.1) is 22.1 Å². The quantitative estimate of drug-likeness (QED) is 0.300. The van der Waals surface area contributed by atoms with Crippen molar-refractivity contribution in [3.05, 3.63) is 102 Å². The van der Waals surface area contributed by atoms with Gasteiger partial charge in [-0.2, -0.15) is 0 Å². The third-order valence-corrected chi connectivity index (χ3v) is 6.92. The molecule has 0 N–H and O–H groups in total. The van der Waals surface area contributed by atoms with Gasteiger partial charge >= 0.3 is 0 Å². The summed E-state index contributed by atoms with van der Waals surface area (Å²) >= 11 is 0. The van der Waals surface area contributed by atoms with E-state index in [0.29, 0.717) is 0 Å². The maximum atomic E-state index is 5.15. The summed E-state index contributed by atoms with van der Waals surface area (Å²) < 4.78 is 4.58. The molecule has 0 saturated carbocycles. The molecule has 0 fully saturated rings. The van der Waals surface area contributed by atoms with Gasteiger partial charge in [-0.1, -0.05) is 68.4 Å². The zero-order valence-electron chi connectivity index (χ0n) is 17.5. The minimum atomic E-state index is -0.0257. The molecule has 2 aromatic heterocycles. The third kappa shape index (κ3) is 2.05. The molecule has 0 unspecified atom stereocenters. The van der Waals surface area contributed by atoms with E-state index in [1.54, 1.807) is 0 Å². The highest BCUT2D eigenvalue weighted by Gasteiger charge is 2.36. The summed E-state index contributed by atoms with van der Waals surface area (Å²) in [6, 6.07) is 32.5. The maximum Gasteiger partial charge on any atom is 0.220 e. The highest BCUT2D eigenvalue weighted by molar-refractivity contribution is 5.96. The lowest BCUT2D eigenvalue weighted by Gasteiger charge is -2.21. The zero-order chi connectivity index (χ0) is 20.7. The van der Waals surface area contributed by atoms with Gasteiger partial charge in [0.25, 0.3) is 0 Å². The van der Waals surface area contributed by atoms with Crippen molar-refractivity contribution in [2.75, 3.05) is 0 Å². The van der Waals surface area contributed by atoms with Crippen LogP contribution in [0.1, 0.15) is 25.0 Å². The largest absolute Gasteiger partial charge is 0.278 e. The molecule has 1 aliphatic carbocycles. The first-order chi connectivity index (χ1) is 15.1. The first-order valence-corrected chi connectivity index (χ1v) is 10.8. The molecule has 1 aliphatic rings. The summed E-state index contributed by atoms with van der Waals surface area (Å²) in [5, 5.41) is 0. The average molecular weight is 399 g/mol. The lowest BCUT2D eigenvalue weighted by atomic mass is 9.82. The topological polar surface area (TPSA) is 22.2 Å². The van der Waals surface area contributed by atoms with Crippen LogP contribution >= 0.6 is 0 Å². The van der Waals surface area contributed by atoms with Gasteiger partial charge in [-0.3, -0.25) is 8.97 Å². The van der Waals surface area contributed by atoms with Crippen LogP contribution in [0.25, 0.3) is 44.7 Å². The van der Waals surface area contributed by atoms with Crippen molar-refractivity contribution in [2.24, 2.45) is 0 Å². The van der Waals surface area contributed by atoms with Gasteiger partial charge in [0.1, 0.15) is 0 Å². The van der Waals surface area contributed by atoms with E-state index in [0.717, 1.165) is 17.0 Å². The zero-order valence-corrected chi connectivity index (χ0v) is 17.5. The molecule has 31 heavy (non-hydrogen) atoms. The van der Waals surface area contributed by atoms with Crippen LogP contribution in [0.15, 0.2) is 91.0 Å². The van der Waals surface area contributed by atoms with E-state index >= 15 is 0 Å². The van der Waals surface area contributed by atoms with E-state index in [-0.39, 0.29) is 5.41 Å². The second-order valence-corrected chi connectivity index (χ2v) is 8.96. The first-order valence-electron chi connectivity index (χ1n) is 10.8. The normalized spacial score (nSPS) is 14.4. The Labute approximate surface area is 180 Å². The van der Waals surface area contributed by atoms with Crippen molar-refractivity contribution in [3.8, 4) is 16.8 Å². The maximum absolute atomic E-state index is 5.15. The number of nitrogens with zero attached hydrogens (tertiary/aromatic N) is 3. The lowest BCUT2D eigenvalue weighted by Crippen LogP contribution is -2.14. The minimum Gasteiger partial charge on any atom is -0.278 e. The van der Waals surface area contributed by atoms with Crippen LogP contribution < -0.4 is 0 Å². The Balaban J connectivity index is 1.64. The van der Waals surface area contributed by atoms with Crippen molar-refractivity contribution in [1.82, 2.24) is 14.0 Å². The summed E-state index contributed by atoms with van der Waals surface area (Å²) in [6.45, 7) is 4.66. The molecule has 0 saturated heterocycles. The Kier molecular flexibility index (Phi) is 3.07. The number of aromatic nitrogens is 3. The van der Waals surface area contributed by atoms with Gasteiger partial charge < -0.3 is 0 Å². The summed E-state index contributed by atoms with van der Waals surface area (Å²) in [7, 11) is 0. The monoisotopic (exact) mass is 399 g/mol. The summed E-state index contributed by atoms with van der Waals surface area (Å²) in [5.74, 6) is 0.956. The molecule has 0 aliphatic heterocycles. The fourth-order valence-electron chi connectivity index (χ4n) is 5.43. The Hall–Kier alpha value is -3.85. The SMILES string of the molecule is CC1(C)c2ccccc2-c2cc3nc4n(-c5ccccc5)c5ccccc5n4c3cc21. The molecule has 7 rings (SSSR count). The summed E-state index contributed by atoms with van der Waals surface area (Å²) in [4.78, 5) is 5.15. The van der Waals surface area contributed by atoms with Gasteiger partial charge in [-0.15, -0.1) is 0 Å². The Morgan fingerprint density at radius 2 is 1.35 bits per heavy atom.